The third-order valence-corrected chi connectivity index (χ3v) is 2.77. The number of aromatic nitrogens is 5. The first-order chi connectivity index (χ1) is 10.4. The zero-order chi connectivity index (χ0) is 16.3. The van der Waals surface area contributed by atoms with Gasteiger partial charge in [0.25, 0.3) is 5.91 Å². The zero-order valence-electron chi connectivity index (χ0n) is 11.5. The number of halogens is 1. The first-order valence-electron chi connectivity index (χ1n) is 5.86. The van der Waals surface area contributed by atoms with Crippen LogP contribution in [-0.4, -0.2) is 35.4 Å². The molecule has 0 atom stereocenters. The Bertz CT molecular complexity index is 730. The lowest BCUT2D eigenvalue weighted by Gasteiger charge is -2.06. The number of carbonyl (C=O) groups excluding carboxylic acids is 1. The molecule has 0 aliphatic rings. The SMILES string of the molecule is CC(=Cn1cnc([N+](=O)[O-])n1)NNC(=O)c1cc(Cl)n(C)n1. The van der Waals surface area contributed by atoms with Gasteiger partial charge in [-0.1, -0.05) is 16.6 Å². The Labute approximate surface area is 128 Å². The molecule has 2 rings (SSSR count). The van der Waals surface area contributed by atoms with Crippen molar-refractivity contribution in [3.05, 3.63) is 39.1 Å². The van der Waals surface area contributed by atoms with Gasteiger partial charge in [0, 0.05) is 23.9 Å². The Morgan fingerprint density at radius 2 is 2.18 bits per heavy atom. The summed E-state index contributed by atoms with van der Waals surface area (Å²) in [5, 5.41) is 18.3. The Morgan fingerprint density at radius 3 is 2.73 bits per heavy atom. The first-order valence-corrected chi connectivity index (χ1v) is 6.24. The Hall–Kier alpha value is -2.95. The van der Waals surface area contributed by atoms with E-state index in [1.807, 2.05) is 0 Å². The highest BCUT2D eigenvalue weighted by Gasteiger charge is 2.13. The molecule has 0 radical (unpaired) electrons. The normalized spacial score (nSPS) is 11.3. The van der Waals surface area contributed by atoms with E-state index in [4.69, 9.17) is 11.6 Å². The second kappa shape index (κ2) is 6.22. The molecule has 0 saturated carbocycles. The molecule has 2 aromatic heterocycles. The number of amides is 1. The van der Waals surface area contributed by atoms with Crippen molar-refractivity contribution in [3.8, 4) is 0 Å². The molecule has 2 N–H and O–H groups in total. The van der Waals surface area contributed by atoms with Gasteiger partial charge < -0.3 is 15.5 Å². The Balaban J connectivity index is 1.96. The molecule has 1 amide bonds. The van der Waals surface area contributed by atoms with Gasteiger partial charge in [0.15, 0.2) is 5.69 Å². The van der Waals surface area contributed by atoms with Crippen LogP contribution in [0.25, 0.3) is 6.20 Å². The summed E-state index contributed by atoms with van der Waals surface area (Å²) in [4.78, 5) is 25.0. The molecule has 12 heteroatoms. The van der Waals surface area contributed by atoms with Gasteiger partial charge in [0.2, 0.25) is 6.33 Å². The van der Waals surface area contributed by atoms with Crippen molar-refractivity contribution >= 4 is 29.7 Å². The average Bonchev–Trinajstić information content (AvgIpc) is 3.04. The molecular formula is C10H11ClN8O3. The third-order valence-electron chi connectivity index (χ3n) is 2.41. The van der Waals surface area contributed by atoms with Gasteiger partial charge in [0.1, 0.15) is 5.15 Å². The van der Waals surface area contributed by atoms with E-state index in [1.165, 1.54) is 23.3 Å². The van der Waals surface area contributed by atoms with E-state index in [1.54, 1.807) is 14.0 Å². The second-order valence-corrected chi connectivity index (χ2v) is 4.54. The van der Waals surface area contributed by atoms with Gasteiger partial charge >= 0.3 is 5.95 Å². The van der Waals surface area contributed by atoms with Crippen LogP contribution in [0.15, 0.2) is 18.1 Å². The lowest BCUT2D eigenvalue weighted by molar-refractivity contribution is -0.394. The number of hydrazine groups is 1. The minimum absolute atomic E-state index is 0.143. The topological polar surface area (TPSA) is 133 Å². The van der Waals surface area contributed by atoms with E-state index in [0.717, 1.165) is 4.68 Å². The number of carbonyl (C=O) groups is 1. The first kappa shape index (κ1) is 15.4. The van der Waals surface area contributed by atoms with Gasteiger partial charge in [-0.05, 0) is 11.8 Å². The van der Waals surface area contributed by atoms with Crippen LogP contribution in [0.1, 0.15) is 17.4 Å². The largest absolute Gasteiger partial charge is 0.491 e. The van der Waals surface area contributed by atoms with Crippen LogP contribution in [0, 0.1) is 10.1 Å². The van der Waals surface area contributed by atoms with Crippen molar-refractivity contribution in [2.45, 2.75) is 6.92 Å². The smallest absolute Gasteiger partial charge is 0.390 e. The van der Waals surface area contributed by atoms with Crippen LogP contribution in [0.5, 0.6) is 0 Å². The molecule has 0 saturated heterocycles. The molecule has 2 aromatic rings. The highest BCUT2D eigenvalue weighted by Crippen LogP contribution is 2.08. The fourth-order valence-corrected chi connectivity index (χ4v) is 1.56. The van der Waals surface area contributed by atoms with Crippen LogP contribution in [0.4, 0.5) is 5.95 Å². The van der Waals surface area contributed by atoms with Crippen molar-refractivity contribution in [2.24, 2.45) is 7.05 Å². The fourth-order valence-electron chi connectivity index (χ4n) is 1.42. The summed E-state index contributed by atoms with van der Waals surface area (Å²) < 4.78 is 2.50. The predicted octanol–water partition coefficient (Wildman–Crippen LogP) is 0.326. The van der Waals surface area contributed by atoms with Crippen LogP contribution >= 0.6 is 11.6 Å². The summed E-state index contributed by atoms with van der Waals surface area (Å²) in [6.07, 6.45) is 2.58. The summed E-state index contributed by atoms with van der Waals surface area (Å²) in [6, 6.07) is 1.42. The molecule has 116 valence electrons. The quantitative estimate of drug-likeness (QED) is 0.597. The number of nitro groups is 1. The number of nitrogens with zero attached hydrogens (tertiary/aromatic N) is 6. The Morgan fingerprint density at radius 1 is 1.45 bits per heavy atom. The molecule has 0 spiro atoms. The van der Waals surface area contributed by atoms with E-state index < -0.39 is 16.8 Å². The van der Waals surface area contributed by atoms with Gasteiger partial charge in [-0.25, -0.2) is 0 Å². The average molecular weight is 327 g/mol. The number of aryl methyl sites for hydroxylation is 1. The van der Waals surface area contributed by atoms with E-state index in [9.17, 15) is 14.9 Å². The minimum Gasteiger partial charge on any atom is -0.390 e. The second-order valence-electron chi connectivity index (χ2n) is 4.15. The fraction of sp³-hybridized carbons (Fsp3) is 0.200. The van der Waals surface area contributed by atoms with E-state index in [2.05, 4.69) is 26.0 Å². The van der Waals surface area contributed by atoms with Crippen molar-refractivity contribution < 1.29 is 9.72 Å². The molecular weight excluding hydrogens is 316 g/mol. The summed E-state index contributed by atoms with van der Waals surface area (Å²) in [5.41, 5.74) is 5.62. The number of allylic oxidation sites excluding steroid dienone is 1. The van der Waals surface area contributed by atoms with Gasteiger partial charge in [-0.15, -0.1) is 4.68 Å². The van der Waals surface area contributed by atoms with Crippen molar-refractivity contribution in [2.75, 3.05) is 0 Å². The van der Waals surface area contributed by atoms with E-state index in [-0.39, 0.29) is 5.69 Å². The lowest BCUT2D eigenvalue weighted by Crippen LogP contribution is -2.36. The van der Waals surface area contributed by atoms with Gasteiger partial charge in [0.05, 0.1) is 6.20 Å². The van der Waals surface area contributed by atoms with Gasteiger partial charge in [-0.2, -0.15) is 5.10 Å². The number of rotatable bonds is 5. The highest BCUT2D eigenvalue weighted by molar-refractivity contribution is 6.29. The maximum atomic E-state index is 11.8. The molecule has 2 heterocycles. The molecule has 0 fully saturated rings. The minimum atomic E-state index is -0.709. The zero-order valence-corrected chi connectivity index (χ0v) is 12.3. The number of nitrogens with one attached hydrogen (secondary N) is 2. The molecule has 0 unspecified atom stereocenters. The van der Waals surface area contributed by atoms with Gasteiger partial charge in [-0.3, -0.25) is 14.9 Å². The predicted molar refractivity (Wildman–Crippen MR) is 75.4 cm³/mol. The van der Waals surface area contributed by atoms with Crippen molar-refractivity contribution in [3.63, 3.8) is 0 Å². The van der Waals surface area contributed by atoms with E-state index in [0.29, 0.717) is 10.9 Å². The molecule has 0 aliphatic carbocycles. The van der Waals surface area contributed by atoms with E-state index >= 15 is 0 Å². The molecule has 0 aliphatic heterocycles. The maximum Gasteiger partial charge on any atom is 0.491 e. The molecule has 11 nitrogen and oxygen atoms in total. The van der Waals surface area contributed by atoms with Crippen molar-refractivity contribution in [1.82, 2.24) is 35.4 Å². The van der Waals surface area contributed by atoms with Crippen LogP contribution in [-0.2, 0) is 7.05 Å². The maximum absolute atomic E-state index is 11.8. The number of hydrogen-bond acceptors (Lipinski definition) is 7. The monoisotopic (exact) mass is 326 g/mol. The standard InChI is InChI=1S/C10H11ClN8O3/c1-6(4-18-5-12-10(16-18)19(21)22)13-14-9(20)7-3-8(11)17(2)15-7/h3-5,13H,1-2H3,(H,14,20). The van der Waals surface area contributed by atoms with Crippen LogP contribution in [0.2, 0.25) is 5.15 Å². The molecule has 0 bridgehead atoms. The summed E-state index contributed by atoms with van der Waals surface area (Å²) in [6.45, 7) is 1.62. The summed E-state index contributed by atoms with van der Waals surface area (Å²) in [5.74, 6) is -1.00. The Kier molecular flexibility index (Phi) is 4.36. The lowest BCUT2D eigenvalue weighted by atomic mass is 10.4. The molecule has 22 heavy (non-hydrogen) atoms. The number of hydrogen-bond donors (Lipinski definition) is 2. The third kappa shape index (κ3) is 3.58. The van der Waals surface area contributed by atoms with Crippen LogP contribution < -0.4 is 10.9 Å². The van der Waals surface area contributed by atoms with Crippen molar-refractivity contribution in [1.29, 1.82) is 0 Å². The molecule has 0 aromatic carbocycles. The summed E-state index contributed by atoms with van der Waals surface area (Å²) >= 11 is 5.79. The summed E-state index contributed by atoms with van der Waals surface area (Å²) in [7, 11) is 1.61. The highest BCUT2D eigenvalue weighted by atomic mass is 35.5. The van der Waals surface area contributed by atoms with Crippen LogP contribution in [0.3, 0.4) is 0 Å².